The standard InChI is InChI=1S/C8H10O3/c1-5(2)6(9)8(3-4-8)7(10)11/h1,3-4H2,2H3,(H,10,11). The van der Waals surface area contributed by atoms with Gasteiger partial charge in [0.2, 0.25) is 0 Å². The number of carbonyl (C=O) groups is 2. The Balaban J connectivity index is 2.82. The van der Waals surface area contributed by atoms with E-state index in [-0.39, 0.29) is 5.78 Å². The van der Waals surface area contributed by atoms with Gasteiger partial charge < -0.3 is 5.11 Å². The van der Waals surface area contributed by atoms with Gasteiger partial charge in [-0.1, -0.05) is 6.58 Å². The van der Waals surface area contributed by atoms with Gasteiger partial charge in [0.15, 0.2) is 5.78 Å². The fourth-order valence-electron chi connectivity index (χ4n) is 1.07. The number of ketones is 1. The zero-order chi connectivity index (χ0) is 8.65. The molecule has 0 heterocycles. The molecule has 0 bridgehead atoms. The molecule has 0 amide bonds. The number of carboxylic acid groups (broad SMARTS) is 1. The summed E-state index contributed by atoms with van der Waals surface area (Å²) in [5.41, 5.74) is -0.754. The van der Waals surface area contributed by atoms with E-state index < -0.39 is 11.4 Å². The van der Waals surface area contributed by atoms with E-state index in [2.05, 4.69) is 6.58 Å². The molecule has 0 radical (unpaired) electrons. The Morgan fingerprint density at radius 2 is 1.91 bits per heavy atom. The molecule has 1 saturated carbocycles. The van der Waals surface area contributed by atoms with Crippen molar-refractivity contribution in [3.63, 3.8) is 0 Å². The summed E-state index contributed by atoms with van der Waals surface area (Å²) >= 11 is 0. The summed E-state index contributed by atoms with van der Waals surface area (Å²) in [5.74, 6) is -1.32. The number of rotatable bonds is 3. The lowest BCUT2D eigenvalue weighted by Crippen LogP contribution is -2.25. The molecule has 0 saturated heterocycles. The van der Waals surface area contributed by atoms with E-state index in [9.17, 15) is 9.59 Å². The minimum Gasteiger partial charge on any atom is -0.480 e. The van der Waals surface area contributed by atoms with Crippen molar-refractivity contribution in [2.75, 3.05) is 0 Å². The van der Waals surface area contributed by atoms with Crippen LogP contribution in [-0.4, -0.2) is 16.9 Å². The van der Waals surface area contributed by atoms with Crippen molar-refractivity contribution in [2.45, 2.75) is 19.8 Å². The van der Waals surface area contributed by atoms with E-state index in [1.807, 2.05) is 0 Å². The average Bonchev–Trinajstić information content (AvgIpc) is 2.65. The smallest absolute Gasteiger partial charge is 0.317 e. The van der Waals surface area contributed by atoms with Gasteiger partial charge in [-0.25, -0.2) is 0 Å². The van der Waals surface area contributed by atoms with E-state index in [1.54, 1.807) is 6.92 Å². The Hall–Kier alpha value is -1.12. The van der Waals surface area contributed by atoms with Crippen LogP contribution in [0.3, 0.4) is 0 Å². The van der Waals surface area contributed by atoms with Gasteiger partial charge in [0.1, 0.15) is 5.41 Å². The van der Waals surface area contributed by atoms with Gasteiger partial charge in [-0.15, -0.1) is 0 Å². The van der Waals surface area contributed by atoms with Gasteiger partial charge in [-0.2, -0.15) is 0 Å². The van der Waals surface area contributed by atoms with Crippen molar-refractivity contribution in [1.82, 2.24) is 0 Å². The Bertz CT molecular complexity index is 236. The Labute approximate surface area is 64.7 Å². The minimum absolute atomic E-state index is 0.315. The second-order valence-corrected chi connectivity index (χ2v) is 3.00. The number of hydrogen-bond acceptors (Lipinski definition) is 2. The SMILES string of the molecule is C=C(C)C(=O)C1(C(=O)O)CC1. The molecule has 0 aliphatic heterocycles. The number of Topliss-reactive ketones (excluding diaryl/α,β-unsaturated/α-hetero) is 1. The largest absolute Gasteiger partial charge is 0.480 e. The lowest BCUT2D eigenvalue weighted by Gasteiger charge is -2.06. The molecular weight excluding hydrogens is 144 g/mol. The van der Waals surface area contributed by atoms with E-state index in [0.29, 0.717) is 18.4 Å². The van der Waals surface area contributed by atoms with Crippen LogP contribution in [0.15, 0.2) is 12.2 Å². The molecule has 1 rings (SSSR count). The first-order valence-electron chi connectivity index (χ1n) is 3.44. The summed E-state index contributed by atoms with van der Waals surface area (Å²) in [6, 6.07) is 0. The van der Waals surface area contributed by atoms with Crippen LogP contribution in [0.5, 0.6) is 0 Å². The van der Waals surface area contributed by atoms with Crippen LogP contribution in [-0.2, 0) is 9.59 Å². The van der Waals surface area contributed by atoms with Gasteiger partial charge in [0.05, 0.1) is 0 Å². The number of allylic oxidation sites excluding steroid dienone is 1. The topological polar surface area (TPSA) is 54.4 Å². The summed E-state index contributed by atoms with van der Waals surface area (Å²) in [6.07, 6.45) is 0.933. The normalized spacial score (nSPS) is 19.0. The van der Waals surface area contributed by atoms with Crippen molar-refractivity contribution in [3.8, 4) is 0 Å². The Morgan fingerprint density at radius 1 is 1.45 bits per heavy atom. The van der Waals surface area contributed by atoms with Gasteiger partial charge in [-0.05, 0) is 25.3 Å². The molecule has 0 aromatic heterocycles. The summed E-state index contributed by atoms with van der Waals surface area (Å²) < 4.78 is 0. The highest BCUT2D eigenvalue weighted by Gasteiger charge is 2.56. The van der Waals surface area contributed by atoms with Gasteiger partial charge in [0.25, 0.3) is 0 Å². The quantitative estimate of drug-likeness (QED) is 0.487. The first kappa shape index (κ1) is 7.98. The van der Waals surface area contributed by atoms with Gasteiger partial charge in [-0.3, -0.25) is 9.59 Å². The van der Waals surface area contributed by atoms with Gasteiger partial charge >= 0.3 is 5.97 Å². The maximum atomic E-state index is 11.2. The number of carbonyl (C=O) groups excluding carboxylic acids is 1. The lowest BCUT2D eigenvalue weighted by atomic mass is 9.97. The first-order valence-corrected chi connectivity index (χ1v) is 3.44. The van der Waals surface area contributed by atoms with Crippen molar-refractivity contribution in [2.24, 2.45) is 5.41 Å². The molecule has 0 aromatic rings. The molecule has 0 atom stereocenters. The van der Waals surface area contributed by atoms with E-state index in [4.69, 9.17) is 5.11 Å². The third-order valence-corrected chi connectivity index (χ3v) is 1.98. The van der Waals surface area contributed by atoms with Crippen LogP contribution in [0, 0.1) is 5.41 Å². The molecule has 3 nitrogen and oxygen atoms in total. The number of hydrogen-bond donors (Lipinski definition) is 1. The van der Waals surface area contributed by atoms with Crippen LogP contribution >= 0.6 is 0 Å². The fraction of sp³-hybridized carbons (Fsp3) is 0.500. The molecule has 11 heavy (non-hydrogen) atoms. The molecular formula is C8H10O3. The minimum atomic E-state index is -1.09. The summed E-state index contributed by atoms with van der Waals surface area (Å²) in [6.45, 7) is 4.98. The van der Waals surface area contributed by atoms with Crippen LogP contribution in [0.1, 0.15) is 19.8 Å². The summed E-state index contributed by atoms with van der Waals surface area (Å²) in [4.78, 5) is 21.8. The van der Waals surface area contributed by atoms with E-state index in [1.165, 1.54) is 0 Å². The first-order chi connectivity index (χ1) is 5.00. The highest BCUT2D eigenvalue weighted by molar-refractivity contribution is 6.13. The van der Waals surface area contributed by atoms with Crippen molar-refractivity contribution >= 4 is 11.8 Å². The molecule has 1 fully saturated rings. The highest BCUT2D eigenvalue weighted by Crippen LogP contribution is 2.48. The zero-order valence-electron chi connectivity index (χ0n) is 6.39. The number of carboxylic acids is 1. The van der Waals surface area contributed by atoms with E-state index >= 15 is 0 Å². The van der Waals surface area contributed by atoms with Crippen LogP contribution in [0.2, 0.25) is 0 Å². The predicted octanol–water partition coefficient (Wildman–Crippen LogP) is 0.996. The molecule has 1 aliphatic rings. The third-order valence-electron chi connectivity index (χ3n) is 1.98. The average molecular weight is 154 g/mol. The Kier molecular flexibility index (Phi) is 1.59. The fourth-order valence-corrected chi connectivity index (χ4v) is 1.07. The van der Waals surface area contributed by atoms with Crippen LogP contribution in [0.25, 0.3) is 0 Å². The van der Waals surface area contributed by atoms with Crippen molar-refractivity contribution in [3.05, 3.63) is 12.2 Å². The molecule has 1 N–H and O–H groups in total. The number of aliphatic carboxylic acids is 1. The zero-order valence-corrected chi connectivity index (χ0v) is 6.39. The third kappa shape index (κ3) is 1.06. The van der Waals surface area contributed by atoms with Crippen LogP contribution in [0.4, 0.5) is 0 Å². The monoisotopic (exact) mass is 154 g/mol. The Morgan fingerprint density at radius 3 is 2.00 bits per heavy atom. The van der Waals surface area contributed by atoms with Crippen molar-refractivity contribution in [1.29, 1.82) is 0 Å². The maximum absolute atomic E-state index is 11.2. The molecule has 0 spiro atoms. The molecule has 0 unspecified atom stereocenters. The predicted molar refractivity (Wildman–Crippen MR) is 39.1 cm³/mol. The second-order valence-electron chi connectivity index (χ2n) is 3.00. The molecule has 0 aromatic carbocycles. The molecule has 1 aliphatic carbocycles. The molecule has 3 heteroatoms. The molecule has 60 valence electrons. The summed E-state index contributed by atoms with van der Waals surface area (Å²) in [5, 5.41) is 8.66. The van der Waals surface area contributed by atoms with E-state index in [0.717, 1.165) is 0 Å². The lowest BCUT2D eigenvalue weighted by molar-refractivity contribution is -0.147. The maximum Gasteiger partial charge on any atom is 0.317 e. The summed E-state index contributed by atoms with van der Waals surface area (Å²) in [7, 11) is 0. The highest BCUT2D eigenvalue weighted by atomic mass is 16.4. The second kappa shape index (κ2) is 2.19. The van der Waals surface area contributed by atoms with Crippen LogP contribution < -0.4 is 0 Å². The van der Waals surface area contributed by atoms with Crippen molar-refractivity contribution < 1.29 is 14.7 Å². The van der Waals surface area contributed by atoms with Gasteiger partial charge in [0, 0.05) is 0 Å².